The van der Waals surface area contributed by atoms with E-state index >= 15 is 0 Å². The average Bonchev–Trinajstić information content (AvgIpc) is 3.33. The summed E-state index contributed by atoms with van der Waals surface area (Å²) in [7, 11) is 0. The maximum atomic E-state index is 7.08. The van der Waals surface area contributed by atoms with E-state index < -0.39 is 0 Å². The lowest BCUT2D eigenvalue weighted by Crippen LogP contribution is -2.57. The van der Waals surface area contributed by atoms with Gasteiger partial charge in [0.05, 0.1) is 6.54 Å². The molecule has 2 heterocycles. The Balaban J connectivity index is 1.49. The summed E-state index contributed by atoms with van der Waals surface area (Å²) in [6, 6.07) is 16.0. The van der Waals surface area contributed by atoms with Gasteiger partial charge in [0.2, 0.25) is 0 Å². The summed E-state index contributed by atoms with van der Waals surface area (Å²) in [6.45, 7) is 17.0. The second-order valence-electron chi connectivity index (χ2n) is 12.3. The summed E-state index contributed by atoms with van der Waals surface area (Å²) >= 11 is 0. The van der Waals surface area contributed by atoms with E-state index in [0.29, 0.717) is 17.4 Å². The van der Waals surface area contributed by atoms with Crippen LogP contribution >= 0.6 is 0 Å². The van der Waals surface area contributed by atoms with Crippen molar-refractivity contribution in [3.05, 3.63) is 48.0 Å². The van der Waals surface area contributed by atoms with E-state index in [9.17, 15) is 0 Å². The largest absolute Gasteiger partial charge is 0.368 e. The Morgan fingerprint density at radius 2 is 1.82 bits per heavy atom. The Kier molecular flexibility index (Phi) is 6.15. The summed E-state index contributed by atoms with van der Waals surface area (Å²) < 4.78 is 8.33. The van der Waals surface area contributed by atoms with Gasteiger partial charge < -0.3 is 9.22 Å². The van der Waals surface area contributed by atoms with E-state index in [0.717, 1.165) is 25.0 Å². The number of hydrogen-bond donors (Lipinski definition) is 0. The van der Waals surface area contributed by atoms with Crippen LogP contribution in [0, 0.1) is 23.7 Å². The highest BCUT2D eigenvalue weighted by molar-refractivity contribution is 5.82. The summed E-state index contributed by atoms with van der Waals surface area (Å²) in [6.07, 6.45) is 7.91. The smallest absolute Gasteiger partial charge is 0.128 e. The van der Waals surface area contributed by atoms with Gasteiger partial charge in [0.25, 0.3) is 0 Å². The third-order valence-electron chi connectivity index (χ3n) is 10.4. The minimum absolute atomic E-state index is 0.0344. The molecular formula is C31H46NO+. The van der Waals surface area contributed by atoms with E-state index in [1.54, 1.807) is 0 Å². The molecule has 1 aliphatic carbocycles. The van der Waals surface area contributed by atoms with Crippen LogP contribution in [0.3, 0.4) is 0 Å². The zero-order valence-corrected chi connectivity index (χ0v) is 21.8. The number of hydrogen-bond acceptors (Lipinski definition) is 1. The molecule has 6 atom stereocenters. The zero-order chi connectivity index (χ0) is 23.3. The maximum Gasteiger partial charge on any atom is 0.128 e. The van der Waals surface area contributed by atoms with Crippen LogP contribution < -0.4 is 0 Å². The highest BCUT2D eigenvalue weighted by Gasteiger charge is 2.78. The molecule has 5 rings (SSSR count). The second kappa shape index (κ2) is 8.68. The van der Waals surface area contributed by atoms with Crippen molar-refractivity contribution in [2.45, 2.75) is 90.8 Å². The predicted molar refractivity (Wildman–Crippen MR) is 139 cm³/mol. The van der Waals surface area contributed by atoms with E-state index in [1.807, 2.05) is 0 Å². The first kappa shape index (κ1) is 23.4. The normalized spacial score (nSPS) is 37.3. The number of ether oxygens (including phenoxy) is 1. The molecule has 0 aromatic heterocycles. The molecule has 1 saturated carbocycles. The van der Waals surface area contributed by atoms with Crippen molar-refractivity contribution < 1.29 is 9.22 Å². The van der Waals surface area contributed by atoms with Gasteiger partial charge in [0.1, 0.15) is 24.2 Å². The topological polar surface area (TPSA) is 9.23 Å². The molecule has 3 fully saturated rings. The summed E-state index contributed by atoms with van der Waals surface area (Å²) in [5, 5.41) is 2.74. The van der Waals surface area contributed by atoms with Gasteiger partial charge in [0.15, 0.2) is 0 Å². The van der Waals surface area contributed by atoms with Crippen molar-refractivity contribution >= 4 is 10.8 Å². The van der Waals surface area contributed by atoms with E-state index in [2.05, 4.69) is 77.1 Å². The van der Waals surface area contributed by atoms with Gasteiger partial charge in [-0.2, -0.15) is 0 Å². The Labute approximate surface area is 202 Å². The lowest BCUT2D eigenvalue weighted by atomic mass is 9.72. The van der Waals surface area contributed by atoms with Crippen molar-refractivity contribution in [3.63, 3.8) is 0 Å². The van der Waals surface area contributed by atoms with E-state index in [1.165, 1.54) is 72.4 Å². The molecule has 180 valence electrons. The SMILES string of the molecule is CCCCCCO[C@]1(C(C)C)C[N@+]2(Cc3ccc4ccccc4c3)C[C@@H](C)[C@@H]3CC[C@H]1[C@@]32C. The van der Waals surface area contributed by atoms with E-state index in [4.69, 9.17) is 4.74 Å². The molecule has 0 amide bonds. The standard InChI is InChI=1S/C31H46NO/c1-6-7-8-11-18-33-31(23(2)3)22-32(20-24(4)28-16-17-29(31)30(28,32)5)21-25-14-15-26-12-9-10-13-27(26)19-25/h9-10,12-15,19,23-24,28-29H,6-8,11,16-18,20-22H2,1-5H3/q+1/t24-,28+,29+,30-,31+,32-/m1/s1. The molecule has 33 heavy (non-hydrogen) atoms. The van der Waals surface area contributed by atoms with E-state index in [-0.39, 0.29) is 5.60 Å². The number of rotatable bonds is 9. The van der Waals surface area contributed by atoms with Crippen LogP contribution in [0.25, 0.3) is 10.8 Å². The molecule has 0 bridgehead atoms. The number of benzene rings is 2. The number of quaternary nitrogens is 1. The van der Waals surface area contributed by atoms with Crippen molar-refractivity contribution in [1.82, 2.24) is 0 Å². The summed E-state index contributed by atoms with van der Waals surface area (Å²) in [5.74, 6) is 2.91. The second-order valence-corrected chi connectivity index (χ2v) is 12.3. The molecule has 3 aliphatic rings. The Morgan fingerprint density at radius 3 is 2.58 bits per heavy atom. The molecule has 0 unspecified atom stereocenters. The molecule has 2 aliphatic heterocycles. The first-order chi connectivity index (χ1) is 15.9. The molecule has 0 N–H and O–H groups in total. The van der Waals surface area contributed by atoms with Gasteiger partial charge in [-0.15, -0.1) is 0 Å². The fourth-order valence-corrected chi connectivity index (χ4v) is 8.83. The first-order valence-electron chi connectivity index (χ1n) is 13.8. The van der Waals surface area contributed by atoms with Crippen molar-refractivity contribution in [1.29, 1.82) is 0 Å². The van der Waals surface area contributed by atoms with Crippen molar-refractivity contribution in [3.8, 4) is 0 Å². The fraction of sp³-hybridized carbons (Fsp3) is 0.677. The van der Waals surface area contributed by atoms with Crippen LogP contribution in [0.1, 0.15) is 78.7 Å². The fourth-order valence-electron chi connectivity index (χ4n) is 8.83. The monoisotopic (exact) mass is 448 g/mol. The molecule has 2 heteroatoms. The minimum Gasteiger partial charge on any atom is -0.368 e. The predicted octanol–water partition coefficient (Wildman–Crippen LogP) is 7.60. The molecule has 2 saturated heterocycles. The van der Waals surface area contributed by atoms with Gasteiger partial charge in [0, 0.05) is 29.9 Å². The van der Waals surface area contributed by atoms with Gasteiger partial charge in [-0.1, -0.05) is 83.4 Å². The lowest BCUT2D eigenvalue weighted by Gasteiger charge is -2.43. The molecule has 2 aromatic carbocycles. The third kappa shape index (κ3) is 3.50. The van der Waals surface area contributed by atoms with Crippen LogP contribution in [0.15, 0.2) is 42.5 Å². The average molecular weight is 449 g/mol. The molecule has 2 aromatic rings. The highest BCUT2D eigenvalue weighted by atomic mass is 16.5. The van der Waals surface area contributed by atoms with Gasteiger partial charge in [-0.05, 0) is 48.9 Å². The Hall–Kier alpha value is -1.38. The third-order valence-corrected chi connectivity index (χ3v) is 10.4. The maximum absolute atomic E-state index is 7.08. The lowest BCUT2D eigenvalue weighted by molar-refractivity contribution is -0.968. The number of unbranched alkanes of at least 4 members (excludes halogenated alkanes) is 3. The quantitative estimate of drug-likeness (QED) is 0.283. The van der Waals surface area contributed by atoms with Crippen LogP contribution in [0.2, 0.25) is 0 Å². The Morgan fingerprint density at radius 1 is 1.03 bits per heavy atom. The van der Waals surface area contributed by atoms with Crippen molar-refractivity contribution in [2.75, 3.05) is 19.7 Å². The van der Waals surface area contributed by atoms with Crippen molar-refractivity contribution in [2.24, 2.45) is 23.7 Å². The van der Waals surface area contributed by atoms with Crippen LogP contribution in [-0.2, 0) is 11.3 Å². The zero-order valence-electron chi connectivity index (χ0n) is 21.8. The van der Waals surface area contributed by atoms with Crippen LogP contribution in [-0.4, -0.2) is 35.3 Å². The first-order valence-corrected chi connectivity index (χ1v) is 13.8. The molecule has 2 nitrogen and oxygen atoms in total. The summed E-state index contributed by atoms with van der Waals surface area (Å²) in [4.78, 5) is 0. The highest BCUT2D eigenvalue weighted by Crippen LogP contribution is 2.67. The van der Waals surface area contributed by atoms with Gasteiger partial charge >= 0.3 is 0 Å². The molecule has 0 spiro atoms. The van der Waals surface area contributed by atoms with Gasteiger partial charge in [-0.3, -0.25) is 0 Å². The minimum atomic E-state index is 0.0344. The number of fused-ring (bicyclic) bond motifs is 1. The Bertz CT molecular complexity index is 984. The molecule has 0 radical (unpaired) electrons. The van der Waals surface area contributed by atoms with Gasteiger partial charge in [-0.25, -0.2) is 0 Å². The number of nitrogens with zero attached hydrogens (tertiary/aromatic N) is 1. The summed E-state index contributed by atoms with van der Waals surface area (Å²) in [5.41, 5.74) is 1.89. The van der Waals surface area contributed by atoms with Crippen LogP contribution in [0.4, 0.5) is 0 Å². The molecular weight excluding hydrogens is 402 g/mol. The van der Waals surface area contributed by atoms with Crippen LogP contribution in [0.5, 0.6) is 0 Å².